The molecular formula is C18H29NOS. The Kier molecular flexibility index (Phi) is 6.43. The van der Waals surface area contributed by atoms with Crippen LogP contribution >= 0.6 is 0 Å². The molecule has 3 heteroatoms. The molecule has 0 saturated heterocycles. The highest BCUT2D eigenvalue weighted by molar-refractivity contribution is 7.85. The molecule has 118 valence electrons. The molecule has 1 N–H and O–H groups in total. The first-order chi connectivity index (χ1) is 10.1. The zero-order valence-electron chi connectivity index (χ0n) is 13.7. The molecule has 2 unspecified atom stereocenters. The minimum absolute atomic E-state index is 0.227. The summed E-state index contributed by atoms with van der Waals surface area (Å²) in [4.78, 5) is 0. The molecule has 1 aliphatic carbocycles. The van der Waals surface area contributed by atoms with Crippen LogP contribution in [0.25, 0.3) is 0 Å². The van der Waals surface area contributed by atoms with E-state index in [1.54, 1.807) is 0 Å². The first-order valence-electron chi connectivity index (χ1n) is 8.29. The minimum atomic E-state index is -0.704. The minimum Gasteiger partial charge on any atom is -0.309 e. The zero-order valence-corrected chi connectivity index (χ0v) is 14.5. The molecule has 0 aromatic heterocycles. The van der Waals surface area contributed by atoms with Gasteiger partial charge in [-0.2, -0.15) is 0 Å². The Balaban J connectivity index is 2.09. The van der Waals surface area contributed by atoms with Crippen molar-refractivity contribution in [1.82, 2.24) is 5.32 Å². The van der Waals surface area contributed by atoms with E-state index in [-0.39, 0.29) is 6.04 Å². The maximum atomic E-state index is 12.6. The Morgan fingerprint density at radius 1 is 1.24 bits per heavy atom. The van der Waals surface area contributed by atoms with Gasteiger partial charge in [-0.3, -0.25) is 4.21 Å². The molecule has 1 saturated carbocycles. The van der Waals surface area contributed by atoms with Gasteiger partial charge in [-0.05, 0) is 56.3 Å². The summed E-state index contributed by atoms with van der Waals surface area (Å²) in [6.45, 7) is 7.46. The third-order valence-corrected chi connectivity index (χ3v) is 6.46. The quantitative estimate of drug-likeness (QED) is 0.824. The summed E-state index contributed by atoms with van der Waals surface area (Å²) in [7, 11) is -0.704. The van der Waals surface area contributed by atoms with E-state index in [1.807, 2.05) is 0 Å². The number of benzene rings is 1. The van der Waals surface area contributed by atoms with Crippen molar-refractivity contribution in [3.8, 4) is 0 Å². The Bertz CT molecular complexity index is 480. The van der Waals surface area contributed by atoms with Crippen LogP contribution in [0, 0.1) is 13.8 Å². The van der Waals surface area contributed by atoms with Gasteiger partial charge in [0.25, 0.3) is 0 Å². The summed E-state index contributed by atoms with van der Waals surface area (Å²) in [6.07, 6.45) is 5.93. The Morgan fingerprint density at radius 2 is 1.95 bits per heavy atom. The third-order valence-electron chi connectivity index (χ3n) is 4.58. The Morgan fingerprint density at radius 3 is 2.57 bits per heavy atom. The van der Waals surface area contributed by atoms with Crippen molar-refractivity contribution < 1.29 is 4.21 Å². The lowest BCUT2D eigenvalue weighted by Crippen LogP contribution is -2.29. The van der Waals surface area contributed by atoms with E-state index in [2.05, 4.69) is 44.3 Å². The molecule has 2 atom stereocenters. The second kappa shape index (κ2) is 8.09. The average Bonchev–Trinajstić information content (AvgIpc) is 3.00. The van der Waals surface area contributed by atoms with Gasteiger partial charge in [0.15, 0.2) is 0 Å². The predicted molar refractivity (Wildman–Crippen MR) is 92.2 cm³/mol. The monoisotopic (exact) mass is 307 g/mol. The number of hydrogen-bond donors (Lipinski definition) is 1. The van der Waals surface area contributed by atoms with Crippen LogP contribution in [0.1, 0.15) is 61.8 Å². The van der Waals surface area contributed by atoms with E-state index in [9.17, 15) is 4.21 Å². The first-order valence-corrected chi connectivity index (χ1v) is 9.67. The molecule has 0 bridgehead atoms. The molecule has 21 heavy (non-hydrogen) atoms. The molecule has 1 fully saturated rings. The topological polar surface area (TPSA) is 29.1 Å². The molecule has 1 aromatic rings. The van der Waals surface area contributed by atoms with Crippen molar-refractivity contribution in [2.24, 2.45) is 0 Å². The summed E-state index contributed by atoms with van der Waals surface area (Å²) in [5, 5.41) is 4.03. The standard InChI is InChI=1S/C18H29NOS/c1-4-11-19-18(13-21(20)17-7-5-6-8-17)16-10-9-14(2)15(3)12-16/h9-10,12,17-19H,4-8,11,13H2,1-3H3. The number of hydrogen-bond acceptors (Lipinski definition) is 2. The lowest BCUT2D eigenvalue weighted by molar-refractivity contribution is 0.566. The van der Waals surface area contributed by atoms with Crippen LogP contribution in [0.5, 0.6) is 0 Å². The predicted octanol–water partition coefficient (Wildman–Crippen LogP) is 4.04. The molecule has 2 nitrogen and oxygen atoms in total. The molecule has 0 amide bonds. The SMILES string of the molecule is CCCNC(CS(=O)C1CCCC1)c1ccc(C)c(C)c1. The van der Waals surface area contributed by atoms with Gasteiger partial charge in [0.1, 0.15) is 0 Å². The molecule has 0 aliphatic heterocycles. The van der Waals surface area contributed by atoms with Gasteiger partial charge < -0.3 is 5.32 Å². The third kappa shape index (κ3) is 4.65. The van der Waals surface area contributed by atoms with E-state index >= 15 is 0 Å². The molecule has 0 spiro atoms. The molecule has 0 heterocycles. The highest BCUT2D eigenvalue weighted by Gasteiger charge is 2.24. The maximum Gasteiger partial charge on any atom is 0.0437 e. The first kappa shape index (κ1) is 16.7. The number of aryl methyl sites for hydroxylation is 2. The van der Waals surface area contributed by atoms with Gasteiger partial charge >= 0.3 is 0 Å². The Hall–Kier alpha value is -0.670. The van der Waals surface area contributed by atoms with Gasteiger partial charge in [-0.15, -0.1) is 0 Å². The molecule has 1 aliphatic rings. The van der Waals surface area contributed by atoms with E-state index < -0.39 is 10.8 Å². The van der Waals surface area contributed by atoms with E-state index in [0.29, 0.717) is 5.25 Å². The van der Waals surface area contributed by atoms with Crippen molar-refractivity contribution in [2.75, 3.05) is 12.3 Å². The van der Waals surface area contributed by atoms with Crippen LogP contribution in [0.2, 0.25) is 0 Å². The molecular weight excluding hydrogens is 278 g/mol. The Labute approximate surface area is 132 Å². The maximum absolute atomic E-state index is 12.6. The van der Waals surface area contributed by atoms with Crippen molar-refractivity contribution in [2.45, 2.75) is 64.2 Å². The highest BCUT2D eigenvalue weighted by atomic mass is 32.2. The van der Waals surface area contributed by atoms with E-state index in [1.165, 1.54) is 29.5 Å². The lowest BCUT2D eigenvalue weighted by Gasteiger charge is -2.21. The van der Waals surface area contributed by atoms with Gasteiger partial charge in [0.05, 0.1) is 0 Å². The van der Waals surface area contributed by atoms with Crippen LogP contribution in [0.15, 0.2) is 18.2 Å². The number of nitrogens with one attached hydrogen (secondary N) is 1. The summed E-state index contributed by atoms with van der Waals surface area (Å²) in [6, 6.07) is 6.87. The van der Waals surface area contributed by atoms with Crippen LogP contribution in [-0.4, -0.2) is 21.8 Å². The average molecular weight is 308 g/mol. The normalized spacial score (nSPS) is 18.8. The van der Waals surface area contributed by atoms with Gasteiger partial charge in [-0.25, -0.2) is 0 Å². The molecule has 2 rings (SSSR count). The smallest absolute Gasteiger partial charge is 0.0437 e. The fourth-order valence-corrected chi connectivity index (χ4v) is 4.79. The summed E-state index contributed by atoms with van der Waals surface area (Å²) in [5.74, 6) is 0.757. The summed E-state index contributed by atoms with van der Waals surface area (Å²) >= 11 is 0. The van der Waals surface area contributed by atoms with Crippen LogP contribution in [0.3, 0.4) is 0 Å². The van der Waals surface area contributed by atoms with Gasteiger partial charge in [0, 0.05) is 27.8 Å². The highest BCUT2D eigenvalue weighted by Crippen LogP contribution is 2.26. The van der Waals surface area contributed by atoms with Crippen LogP contribution < -0.4 is 5.32 Å². The fraction of sp³-hybridized carbons (Fsp3) is 0.667. The van der Waals surface area contributed by atoms with E-state index in [0.717, 1.165) is 31.6 Å². The van der Waals surface area contributed by atoms with Crippen molar-refractivity contribution in [3.05, 3.63) is 34.9 Å². The van der Waals surface area contributed by atoms with Crippen molar-refractivity contribution in [1.29, 1.82) is 0 Å². The van der Waals surface area contributed by atoms with Gasteiger partial charge in [0.2, 0.25) is 0 Å². The zero-order chi connectivity index (χ0) is 15.2. The fourth-order valence-electron chi connectivity index (χ4n) is 3.02. The van der Waals surface area contributed by atoms with Crippen LogP contribution in [0.4, 0.5) is 0 Å². The molecule has 1 aromatic carbocycles. The second-order valence-corrected chi connectivity index (χ2v) is 8.07. The van der Waals surface area contributed by atoms with Crippen molar-refractivity contribution in [3.63, 3.8) is 0 Å². The van der Waals surface area contributed by atoms with Crippen molar-refractivity contribution >= 4 is 10.8 Å². The largest absolute Gasteiger partial charge is 0.309 e. The lowest BCUT2D eigenvalue weighted by atomic mass is 10.0. The number of rotatable bonds is 7. The second-order valence-electron chi connectivity index (χ2n) is 6.30. The summed E-state index contributed by atoms with van der Waals surface area (Å²) < 4.78 is 12.6. The summed E-state index contributed by atoms with van der Waals surface area (Å²) in [5.41, 5.74) is 3.94. The molecule has 0 radical (unpaired) electrons. The van der Waals surface area contributed by atoms with E-state index in [4.69, 9.17) is 0 Å². The van der Waals surface area contributed by atoms with Gasteiger partial charge in [-0.1, -0.05) is 38.0 Å². The van der Waals surface area contributed by atoms with Crippen LogP contribution in [-0.2, 0) is 10.8 Å².